The number of likely N-dealkylation sites (N-methyl/N-ethyl adjacent to an activating group) is 1. The van der Waals surface area contributed by atoms with Crippen LogP contribution in [0.3, 0.4) is 0 Å². The third kappa shape index (κ3) is 2.86. The zero-order valence-corrected chi connectivity index (χ0v) is 5.96. The zero-order valence-electron chi connectivity index (χ0n) is 5.96. The summed E-state index contributed by atoms with van der Waals surface area (Å²) < 4.78 is 0. The maximum atomic E-state index is 10.6. The molecular formula is C6H9NO3. The van der Waals surface area contributed by atoms with E-state index >= 15 is 0 Å². The second-order valence-electron chi connectivity index (χ2n) is 1.62. The van der Waals surface area contributed by atoms with E-state index < -0.39 is 11.9 Å². The van der Waals surface area contributed by atoms with E-state index in [2.05, 4.69) is 11.4 Å². The van der Waals surface area contributed by atoms with E-state index in [-0.39, 0.29) is 0 Å². The molecule has 4 heteroatoms. The van der Waals surface area contributed by atoms with Gasteiger partial charge in [0.2, 0.25) is 0 Å². The Balaban J connectivity index is 3.84. The molecule has 0 aromatic carbocycles. The Labute approximate surface area is 59.0 Å². The number of amides is 1. The average molecular weight is 143 g/mol. The lowest BCUT2D eigenvalue weighted by Crippen LogP contribution is -2.26. The van der Waals surface area contributed by atoms with Crippen LogP contribution in [0, 0.1) is 0 Å². The number of carbonyl (C=O) groups is 2. The molecule has 1 amide bonds. The predicted molar refractivity (Wildman–Crippen MR) is 34.7 cm³/mol. The van der Waals surface area contributed by atoms with E-state index in [0.717, 1.165) is 11.1 Å². The first kappa shape index (κ1) is 8.68. The summed E-state index contributed by atoms with van der Waals surface area (Å²) in [6, 6.07) is 0. The van der Waals surface area contributed by atoms with Crippen LogP contribution in [0.25, 0.3) is 0 Å². The van der Waals surface area contributed by atoms with E-state index in [0.29, 0.717) is 0 Å². The van der Waals surface area contributed by atoms with Crippen LogP contribution in [0.4, 0.5) is 0 Å². The molecule has 4 nitrogen and oxygen atoms in total. The molecule has 0 aliphatic heterocycles. The number of hydroxylamine groups is 2. The Morgan fingerprint density at radius 1 is 1.60 bits per heavy atom. The van der Waals surface area contributed by atoms with Crippen molar-refractivity contribution in [3.8, 4) is 0 Å². The monoisotopic (exact) mass is 143 g/mol. The van der Waals surface area contributed by atoms with Crippen LogP contribution in [-0.4, -0.2) is 24.0 Å². The average Bonchev–Trinajstić information content (AvgIpc) is 1.85. The Bertz CT molecular complexity index is 164. The van der Waals surface area contributed by atoms with Crippen LogP contribution in [-0.2, 0) is 14.4 Å². The molecule has 0 aliphatic rings. The van der Waals surface area contributed by atoms with E-state index in [4.69, 9.17) is 0 Å². The van der Waals surface area contributed by atoms with Crippen LogP contribution in [0.1, 0.15) is 6.92 Å². The van der Waals surface area contributed by atoms with Crippen molar-refractivity contribution in [1.82, 2.24) is 5.06 Å². The van der Waals surface area contributed by atoms with Crippen LogP contribution in [0.15, 0.2) is 12.7 Å². The second-order valence-corrected chi connectivity index (χ2v) is 1.62. The highest BCUT2D eigenvalue weighted by atomic mass is 16.7. The molecule has 0 aliphatic carbocycles. The van der Waals surface area contributed by atoms with Crippen molar-refractivity contribution in [2.75, 3.05) is 7.05 Å². The lowest BCUT2D eigenvalue weighted by atomic mass is 10.6. The Morgan fingerprint density at radius 3 is 2.40 bits per heavy atom. The van der Waals surface area contributed by atoms with Crippen LogP contribution >= 0.6 is 0 Å². The Morgan fingerprint density at radius 2 is 2.10 bits per heavy atom. The number of hydrogen-bond acceptors (Lipinski definition) is 3. The van der Waals surface area contributed by atoms with Gasteiger partial charge in [-0.05, 0) is 6.08 Å². The minimum atomic E-state index is -0.530. The molecule has 10 heavy (non-hydrogen) atoms. The summed E-state index contributed by atoms with van der Waals surface area (Å²) in [6.45, 7) is 4.42. The summed E-state index contributed by atoms with van der Waals surface area (Å²) in [5.41, 5.74) is 0. The van der Waals surface area contributed by atoms with Crippen molar-refractivity contribution >= 4 is 11.9 Å². The maximum absolute atomic E-state index is 10.6. The molecule has 0 unspecified atom stereocenters. The summed E-state index contributed by atoms with van der Waals surface area (Å²) in [4.78, 5) is 25.2. The molecule has 0 rings (SSSR count). The summed E-state index contributed by atoms with van der Waals surface area (Å²) >= 11 is 0. The van der Waals surface area contributed by atoms with Gasteiger partial charge in [0.25, 0.3) is 5.91 Å². The molecule has 0 bridgehead atoms. The lowest BCUT2D eigenvalue weighted by molar-refractivity contribution is -0.187. The van der Waals surface area contributed by atoms with Crippen molar-refractivity contribution in [3.05, 3.63) is 12.7 Å². The quantitative estimate of drug-likeness (QED) is 0.386. The van der Waals surface area contributed by atoms with Gasteiger partial charge >= 0.3 is 5.97 Å². The SMILES string of the molecule is C=CC(=O)N(C)OC(C)=O. The van der Waals surface area contributed by atoms with E-state index in [9.17, 15) is 9.59 Å². The van der Waals surface area contributed by atoms with Crippen LogP contribution in [0.2, 0.25) is 0 Å². The van der Waals surface area contributed by atoms with Crippen molar-refractivity contribution < 1.29 is 14.4 Å². The van der Waals surface area contributed by atoms with Crippen LogP contribution in [0.5, 0.6) is 0 Å². The van der Waals surface area contributed by atoms with Gasteiger partial charge in [0.05, 0.1) is 0 Å². The van der Waals surface area contributed by atoms with Gasteiger partial charge in [-0.1, -0.05) is 6.58 Å². The minimum Gasteiger partial charge on any atom is -0.338 e. The topological polar surface area (TPSA) is 46.6 Å². The first-order valence-corrected chi connectivity index (χ1v) is 2.66. The maximum Gasteiger partial charge on any atom is 0.329 e. The number of hydrogen-bond donors (Lipinski definition) is 0. The fourth-order valence-electron chi connectivity index (χ4n) is 0.366. The molecule has 0 spiro atoms. The highest BCUT2D eigenvalue weighted by Crippen LogP contribution is 1.87. The van der Waals surface area contributed by atoms with Gasteiger partial charge in [0.15, 0.2) is 0 Å². The molecule has 0 saturated heterocycles. The fourth-order valence-corrected chi connectivity index (χ4v) is 0.366. The van der Waals surface area contributed by atoms with Gasteiger partial charge in [-0.15, -0.1) is 0 Å². The van der Waals surface area contributed by atoms with E-state index in [1.54, 1.807) is 0 Å². The first-order chi connectivity index (χ1) is 4.57. The molecule has 0 heterocycles. The highest BCUT2D eigenvalue weighted by molar-refractivity contribution is 5.86. The summed E-state index contributed by atoms with van der Waals surface area (Å²) in [6.07, 6.45) is 1.06. The highest BCUT2D eigenvalue weighted by Gasteiger charge is 2.05. The Kier molecular flexibility index (Phi) is 3.17. The molecule has 0 fully saturated rings. The van der Waals surface area contributed by atoms with Crippen molar-refractivity contribution in [3.63, 3.8) is 0 Å². The molecule has 0 atom stereocenters. The van der Waals surface area contributed by atoms with Crippen molar-refractivity contribution in [2.24, 2.45) is 0 Å². The number of rotatable bonds is 1. The van der Waals surface area contributed by atoms with E-state index in [1.807, 2.05) is 0 Å². The molecule has 0 aromatic rings. The standard InChI is InChI=1S/C6H9NO3/c1-4-6(9)7(3)10-5(2)8/h4H,1H2,2-3H3. The minimum absolute atomic E-state index is 0.449. The van der Waals surface area contributed by atoms with Gasteiger partial charge in [-0.3, -0.25) is 9.59 Å². The molecule has 0 saturated carbocycles. The van der Waals surface area contributed by atoms with Crippen molar-refractivity contribution in [1.29, 1.82) is 0 Å². The van der Waals surface area contributed by atoms with E-state index in [1.165, 1.54) is 14.0 Å². The molecule has 0 radical (unpaired) electrons. The van der Waals surface area contributed by atoms with Gasteiger partial charge in [0.1, 0.15) is 0 Å². The largest absolute Gasteiger partial charge is 0.338 e. The molecule has 56 valence electrons. The van der Waals surface area contributed by atoms with Gasteiger partial charge in [0, 0.05) is 14.0 Å². The predicted octanol–water partition coefficient (Wildman–Crippen LogP) is 0.109. The van der Waals surface area contributed by atoms with Gasteiger partial charge in [-0.25, -0.2) is 0 Å². The van der Waals surface area contributed by atoms with Crippen molar-refractivity contribution in [2.45, 2.75) is 6.92 Å². The fraction of sp³-hybridized carbons (Fsp3) is 0.333. The third-order valence-electron chi connectivity index (χ3n) is 0.750. The summed E-state index contributed by atoms with van der Waals surface area (Å²) in [5, 5.41) is 0.815. The second kappa shape index (κ2) is 3.66. The third-order valence-corrected chi connectivity index (χ3v) is 0.750. The van der Waals surface area contributed by atoms with Gasteiger partial charge < -0.3 is 4.84 Å². The number of carbonyl (C=O) groups excluding carboxylic acids is 2. The molecule has 0 aromatic heterocycles. The molecule has 0 N–H and O–H groups in total. The van der Waals surface area contributed by atoms with Crippen LogP contribution < -0.4 is 0 Å². The smallest absolute Gasteiger partial charge is 0.329 e. The lowest BCUT2D eigenvalue weighted by Gasteiger charge is -2.11. The summed E-state index contributed by atoms with van der Waals surface area (Å²) in [7, 11) is 1.34. The Hall–Kier alpha value is -1.32. The van der Waals surface area contributed by atoms with Gasteiger partial charge in [-0.2, -0.15) is 5.06 Å². The zero-order chi connectivity index (χ0) is 8.15. The number of nitrogens with zero attached hydrogens (tertiary/aromatic N) is 1. The first-order valence-electron chi connectivity index (χ1n) is 2.66. The summed E-state index contributed by atoms with van der Waals surface area (Å²) in [5.74, 6) is -0.979. The molecular weight excluding hydrogens is 134 g/mol. The normalized spacial score (nSPS) is 8.20.